The van der Waals surface area contributed by atoms with Gasteiger partial charge in [0.1, 0.15) is 0 Å². The minimum atomic E-state index is -0.583. The van der Waals surface area contributed by atoms with E-state index in [1.54, 1.807) is 7.11 Å². The number of amides is 1. The van der Waals surface area contributed by atoms with Crippen molar-refractivity contribution < 1.29 is 9.53 Å². The van der Waals surface area contributed by atoms with E-state index in [4.69, 9.17) is 10.5 Å². The van der Waals surface area contributed by atoms with E-state index < -0.39 is 5.54 Å². The van der Waals surface area contributed by atoms with E-state index in [0.29, 0.717) is 0 Å². The summed E-state index contributed by atoms with van der Waals surface area (Å²) in [7, 11) is 1.72. The number of ether oxygens (including phenoxy) is 1. The zero-order valence-electron chi connectivity index (χ0n) is 12.2. The Balaban J connectivity index is 0.00000121. The molecule has 0 aromatic heterocycles. The predicted octanol–water partition coefficient (Wildman–Crippen LogP) is 1.78. The monoisotopic (exact) mass is 244 g/mol. The molecule has 0 saturated carbocycles. The Hall–Kier alpha value is -0.610. The van der Waals surface area contributed by atoms with E-state index >= 15 is 0 Å². The average Bonchev–Trinajstić information content (AvgIpc) is 2.31. The van der Waals surface area contributed by atoms with Crippen LogP contribution in [0.4, 0.5) is 0 Å². The third-order valence-corrected chi connectivity index (χ3v) is 3.55. The van der Waals surface area contributed by atoms with Crippen LogP contribution in [-0.2, 0) is 9.53 Å². The van der Waals surface area contributed by atoms with Crippen LogP contribution < -0.4 is 5.73 Å². The highest BCUT2D eigenvalue weighted by Gasteiger charge is 2.40. The first-order chi connectivity index (χ1) is 7.82. The highest BCUT2D eigenvalue weighted by Crippen LogP contribution is 2.28. The minimum Gasteiger partial charge on any atom is -0.377 e. The summed E-state index contributed by atoms with van der Waals surface area (Å²) in [6.07, 6.45) is 2.08. The van der Waals surface area contributed by atoms with E-state index in [2.05, 4.69) is 11.8 Å². The summed E-state index contributed by atoms with van der Waals surface area (Å²) < 4.78 is 5.49. The maximum absolute atomic E-state index is 11.4. The number of carbonyl (C=O) groups is 1. The highest BCUT2D eigenvalue weighted by molar-refractivity contribution is 5.83. The Bertz CT molecular complexity index is 254. The molecule has 102 valence electrons. The van der Waals surface area contributed by atoms with Crippen LogP contribution in [0.5, 0.6) is 0 Å². The number of carbonyl (C=O) groups excluding carboxylic acids is 1. The van der Waals surface area contributed by atoms with Gasteiger partial charge in [-0.15, -0.1) is 0 Å². The summed E-state index contributed by atoms with van der Waals surface area (Å²) in [5, 5.41) is 0. The molecule has 0 aliphatic carbocycles. The van der Waals surface area contributed by atoms with Gasteiger partial charge in [-0.25, -0.2) is 0 Å². The maximum atomic E-state index is 11.4. The molecule has 0 aromatic carbocycles. The number of piperidine rings is 1. The van der Waals surface area contributed by atoms with Gasteiger partial charge < -0.3 is 10.5 Å². The van der Waals surface area contributed by atoms with Crippen molar-refractivity contribution in [2.24, 2.45) is 5.73 Å². The molecule has 1 heterocycles. The molecule has 0 aromatic rings. The quantitative estimate of drug-likeness (QED) is 0.823. The van der Waals surface area contributed by atoms with Crippen molar-refractivity contribution in [2.45, 2.75) is 58.6 Å². The first-order valence-corrected chi connectivity index (χ1v) is 6.42. The summed E-state index contributed by atoms with van der Waals surface area (Å²) in [4.78, 5) is 13.5. The largest absolute Gasteiger partial charge is 0.377 e. The van der Waals surface area contributed by atoms with Crippen molar-refractivity contribution in [3.8, 4) is 0 Å². The molecule has 1 saturated heterocycles. The van der Waals surface area contributed by atoms with E-state index in [-0.39, 0.29) is 11.5 Å². The van der Waals surface area contributed by atoms with Crippen molar-refractivity contribution in [1.29, 1.82) is 0 Å². The lowest BCUT2D eigenvalue weighted by atomic mass is 9.90. The van der Waals surface area contributed by atoms with Crippen LogP contribution in [0.25, 0.3) is 0 Å². The minimum absolute atomic E-state index is 0.148. The number of methoxy groups -OCH3 is 1. The lowest BCUT2D eigenvalue weighted by Gasteiger charge is -2.45. The number of hydrogen-bond donors (Lipinski definition) is 1. The number of primary amides is 1. The Kier molecular flexibility index (Phi) is 6.13. The lowest BCUT2D eigenvalue weighted by Crippen LogP contribution is -2.60. The van der Waals surface area contributed by atoms with Gasteiger partial charge in [0.15, 0.2) is 0 Å². The topological polar surface area (TPSA) is 55.6 Å². The number of hydrogen-bond acceptors (Lipinski definition) is 3. The number of nitrogens with two attached hydrogens (primary N) is 1. The van der Waals surface area contributed by atoms with Crippen LogP contribution in [0.3, 0.4) is 0 Å². The smallest absolute Gasteiger partial charge is 0.237 e. The van der Waals surface area contributed by atoms with Gasteiger partial charge in [-0.05, 0) is 40.2 Å². The molecular weight excluding hydrogens is 216 g/mol. The van der Waals surface area contributed by atoms with Crippen molar-refractivity contribution in [3.63, 3.8) is 0 Å². The van der Waals surface area contributed by atoms with Crippen molar-refractivity contribution in [3.05, 3.63) is 0 Å². The fourth-order valence-electron chi connectivity index (χ4n) is 2.01. The van der Waals surface area contributed by atoms with Gasteiger partial charge in [-0.1, -0.05) is 13.8 Å². The summed E-state index contributed by atoms with van der Waals surface area (Å²) >= 11 is 0. The van der Waals surface area contributed by atoms with Crippen LogP contribution in [0.15, 0.2) is 0 Å². The van der Waals surface area contributed by atoms with Gasteiger partial charge in [-0.3, -0.25) is 9.69 Å². The molecule has 0 spiro atoms. The molecule has 0 bridgehead atoms. The highest BCUT2D eigenvalue weighted by atomic mass is 16.5. The van der Waals surface area contributed by atoms with Crippen LogP contribution in [0.2, 0.25) is 0 Å². The standard InChI is InChI=1S/C11H22N2O2.C2H6/c1-10(2,9(12)14)13-7-5-6-11(3,8-13)15-4;1-2/h5-8H2,1-4H3,(H2,12,14);1-2H3. The van der Waals surface area contributed by atoms with Crippen LogP contribution in [0, 0.1) is 0 Å². The molecule has 1 unspecified atom stereocenters. The Morgan fingerprint density at radius 2 is 1.94 bits per heavy atom. The third-order valence-electron chi connectivity index (χ3n) is 3.55. The van der Waals surface area contributed by atoms with E-state index in [1.807, 2.05) is 27.7 Å². The van der Waals surface area contributed by atoms with Crippen LogP contribution >= 0.6 is 0 Å². The second-order valence-corrected chi connectivity index (χ2v) is 5.10. The van der Waals surface area contributed by atoms with Gasteiger partial charge >= 0.3 is 0 Å². The SMILES string of the molecule is CC.COC1(C)CCCN(C(C)(C)C(N)=O)C1. The van der Waals surface area contributed by atoms with Crippen molar-refractivity contribution in [1.82, 2.24) is 4.90 Å². The molecular formula is C13H28N2O2. The van der Waals surface area contributed by atoms with Gasteiger partial charge in [0.2, 0.25) is 5.91 Å². The molecule has 1 rings (SSSR count). The second-order valence-electron chi connectivity index (χ2n) is 5.10. The van der Waals surface area contributed by atoms with E-state index in [1.165, 1.54) is 0 Å². The van der Waals surface area contributed by atoms with Gasteiger partial charge in [0.25, 0.3) is 0 Å². The molecule has 1 fully saturated rings. The number of likely N-dealkylation sites (tertiary alicyclic amines) is 1. The fourth-order valence-corrected chi connectivity index (χ4v) is 2.01. The predicted molar refractivity (Wildman–Crippen MR) is 70.8 cm³/mol. The van der Waals surface area contributed by atoms with Crippen LogP contribution in [-0.4, -0.2) is 42.1 Å². The summed E-state index contributed by atoms with van der Waals surface area (Å²) in [6, 6.07) is 0. The van der Waals surface area contributed by atoms with Crippen LogP contribution in [0.1, 0.15) is 47.5 Å². The number of rotatable bonds is 3. The first-order valence-electron chi connectivity index (χ1n) is 6.42. The summed E-state index contributed by atoms with van der Waals surface area (Å²) in [6.45, 7) is 11.5. The zero-order valence-corrected chi connectivity index (χ0v) is 12.2. The first kappa shape index (κ1) is 16.4. The molecule has 2 N–H and O–H groups in total. The van der Waals surface area contributed by atoms with Gasteiger partial charge in [-0.2, -0.15) is 0 Å². The summed E-state index contributed by atoms with van der Waals surface area (Å²) in [5.74, 6) is -0.275. The Labute approximate surface area is 105 Å². The third kappa shape index (κ3) is 3.96. The fraction of sp³-hybridized carbons (Fsp3) is 0.923. The molecule has 17 heavy (non-hydrogen) atoms. The van der Waals surface area contributed by atoms with Gasteiger partial charge in [0.05, 0.1) is 11.1 Å². The molecule has 1 aliphatic rings. The maximum Gasteiger partial charge on any atom is 0.237 e. The molecule has 1 atom stereocenters. The molecule has 0 radical (unpaired) electrons. The lowest BCUT2D eigenvalue weighted by molar-refractivity contribution is -0.134. The second kappa shape index (κ2) is 6.36. The van der Waals surface area contributed by atoms with Gasteiger partial charge in [0, 0.05) is 13.7 Å². The molecule has 1 aliphatic heterocycles. The zero-order chi connectivity index (χ0) is 13.7. The Morgan fingerprint density at radius 1 is 1.41 bits per heavy atom. The molecule has 4 heteroatoms. The molecule has 4 nitrogen and oxygen atoms in total. The average molecular weight is 244 g/mol. The summed E-state index contributed by atoms with van der Waals surface area (Å²) in [5.41, 5.74) is 4.68. The number of nitrogens with zero attached hydrogens (tertiary/aromatic N) is 1. The van der Waals surface area contributed by atoms with E-state index in [9.17, 15) is 4.79 Å². The Morgan fingerprint density at radius 3 is 2.35 bits per heavy atom. The van der Waals surface area contributed by atoms with Crippen molar-refractivity contribution in [2.75, 3.05) is 20.2 Å². The molecule has 1 amide bonds. The normalized spacial score (nSPS) is 26.0. The van der Waals surface area contributed by atoms with Crippen molar-refractivity contribution >= 4 is 5.91 Å². The van der Waals surface area contributed by atoms with E-state index in [0.717, 1.165) is 25.9 Å².